The summed E-state index contributed by atoms with van der Waals surface area (Å²) in [7, 11) is 0. The van der Waals surface area contributed by atoms with Gasteiger partial charge in [0, 0.05) is 12.0 Å². The third kappa shape index (κ3) is 1.97. The van der Waals surface area contributed by atoms with Gasteiger partial charge in [-0.05, 0) is 42.4 Å². The highest BCUT2D eigenvalue weighted by atomic mass is 16.1. The maximum absolute atomic E-state index is 11.6. The lowest BCUT2D eigenvalue weighted by atomic mass is 9.82. The molecule has 0 amide bonds. The Hall–Kier alpha value is -1.11. The molecule has 0 saturated carbocycles. The average Bonchev–Trinajstić information content (AvgIpc) is 2.28. The molecule has 0 radical (unpaired) electrons. The van der Waals surface area contributed by atoms with E-state index in [0.717, 1.165) is 5.56 Å². The summed E-state index contributed by atoms with van der Waals surface area (Å²) in [5, 5.41) is 0. The molecule has 1 nitrogen and oxygen atoms in total. The van der Waals surface area contributed by atoms with Gasteiger partial charge in [-0.15, -0.1) is 0 Å². The molecule has 0 spiro atoms. The zero-order valence-corrected chi connectivity index (χ0v) is 9.55. The van der Waals surface area contributed by atoms with Crippen molar-refractivity contribution >= 4 is 5.78 Å². The van der Waals surface area contributed by atoms with E-state index in [1.54, 1.807) is 0 Å². The van der Waals surface area contributed by atoms with Crippen LogP contribution in [0.3, 0.4) is 0 Å². The lowest BCUT2D eigenvalue weighted by molar-refractivity contribution is 0.0988. The van der Waals surface area contributed by atoms with Crippen molar-refractivity contribution in [3.05, 3.63) is 34.9 Å². The topological polar surface area (TPSA) is 17.1 Å². The van der Waals surface area contributed by atoms with Crippen LogP contribution in [-0.2, 0) is 6.42 Å². The third-order valence-corrected chi connectivity index (χ3v) is 3.40. The largest absolute Gasteiger partial charge is 0.294 e. The Kier molecular flexibility index (Phi) is 2.90. The summed E-state index contributed by atoms with van der Waals surface area (Å²) in [4.78, 5) is 11.6. The summed E-state index contributed by atoms with van der Waals surface area (Å²) in [5.74, 6) is 0.883. The van der Waals surface area contributed by atoms with Gasteiger partial charge >= 0.3 is 0 Å². The minimum atomic E-state index is 0.260. The van der Waals surface area contributed by atoms with E-state index in [0.29, 0.717) is 12.3 Å². The molecule has 2 rings (SSSR count). The maximum atomic E-state index is 11.6. The maximum Gasteiger partial charge on any atom is 0.162 e. The standard InChI is InChI=1S/C14H18O/c1-3-14(15)12-8-7-11-6-4-5-10(2)13(11)9-12/h7-10H,3-6H2,1-2H3. The van der Waals surface area contributed by atoms with Gasteiger partial charge < -0.3 is 0 Å². The van der Waals surface area contributed by atoms with Crippen LogP contribution in [0.1, 0.15) is 60.5 Å². The second kappa shape index (κ2) is 4.18. The third-order valence-electron chi connectivity index (χ3n) is 3.40. The quantitative estimate of drug-likeness (QED) is 0.668. The Morgan fingerprint density at radius 3 is 3.00 bits per heavy atom. The van der Waals surface area contributed by atoms with Gasteiger partial charge in [0.05, 0.1) is 0 Å². The van der Waals surface area contributed by atoms with Crippen molar-refractivity contribution in [1.29, 1.82) is 0 Å². The van der Waals surface area contributed by atoms with Gasteiger partial charge in [-0.1, -0.05) is 26.0 Å². The van der Waals surface area contributed by atoms with Crippen molar-refractivity contribution in [2.45, 2.75) is 45.4 Å². The molecule has 80 valence electrons. The molecule has 0 aliphatic heterocycles. The first-order valence-corrected chi connectivity index (χ1v) is 5.88. The molecule has 1 aliphatic rings. The summed E-state index contributed by atoms with van der Waals surface area (Å²) in [6.07, 6.45) is 4.33. The van der Waals surface area contributed by atoms with E-state index >= 15 is 0 Å². The summed E-state index contributed by atoms with van der Waals surface area (Å²) in [5.41, 5.74) is 3.74. The average molecular weight is 202 g/mol. The number of ketones is 1. The molecule has 1 heteroatoms. The molecule has 0 saturated heterocycles. The van der Waals surface area contributed by atoms with Gasteiger partial charge in [0.25, 0.3) is 0 Å². The first-order valence-electron chi connectivity index (χ1n) is 5.88. The molecule has 0 aromatic heterocycles. The molecule has 0 fully saturated rings. The highest BCUT2D eigenvalue weighted by Gasteiger charge is 2.17. The van der Waals surface area contributed by atoms with Crippen LogP contribution in [0.15, 0.2) is 18.2 Å². The number of benzene rings is 1. The van der Waals surface area contributed by atoms with Crippen molar-refractivity contribution in [3.8, 4) is 0 Å². The van der Waals surface area contributed by atoms with Crippen LogP contribution in [0.2, 0.25) is 0 Å². The predicted octanol–water partition coefficient (Wildman–Crippen LogP) is 3.72. The van der Waals surface area contributed by atoms with E-state index < -0.39 is 0 Å². The molecule has 0 bridgehead atoms. The van der Waals surface area contributed by atoms with Gasteiger partial charge in [-0.2, -0.15) is 0 Å². The van der Waals surface area contributed by atoms with Crippen molar-refractivity contribution < 1.29 is 4.79 Å². The zero-order valence-electron chi connectivity index (χ0n) is 9.55. The molecule has 1 unspecified atom stereocenters. The number of rotatable bonds is 2. The summed E-state index contributed by atoms with van der Waals surface area (Å²) in [6.45, 7) is 4.18. The Labute approximate surface area is 91.5 Å². The Balaban J connectivity index is 2.39. The van der Waals surface area contributed by atoms with Crippen LogP contribution in [0.4, 0.5) is 0 Å². The van der Waals surface area contributed by atoms with Crippen molar-refractivity contribution in [1.82, 2.24) is 0 Å². The monoisotopic (exact) mass is 202 g/mol. The van der Waals surface area contributed by atoms with Crippen molar-refractivity contribution in [2.24, 2.45) is 0 Å². The summed E-state index contributed by atoms with van der Waals surface area (Å²) in [6, 6.07) is 6.25. The van der Waals surface area contributed by atoms with E-state index in [1.807, 2.05) is 13.0 Å². The second-order valence-electron chi connectivity index (χ2n) is 4.48. The normalized spacial score (nSPS) is 19.7. The van der Waals surface area contributed by atoms with E-state index in [-0.39, 0.29) is 5.78 Å². The SMILES string of the molecule is CCC(=O)c1ccc2c(c1)C(C)CCC2. The number of hydrogen-bond acceptors (Lipinski definition) is 1. The Bertz CT molecular complexity index is 379. The van der Waals surface area contributed by atoms with Crippen molar-refractivity contribution in [2.75, 3.05) is 0 Å². The van der Waals surface area contributed by atoms with Crippen LogP contribution < -0.4 is 0 Å². The zero-order chi connectivity index (χ0) is 10.8. The lowest BCUT2D eigenvalue weighted by Gasteiger charge is -2.22. The lowest BCUT2D eigenvalue weighted by Crippen LogP contribution is -2.09. The van der Waals surface area contributed by atoms with Crippen LogP contribution >= 0.6 is 0 Å². The summed E-state index contributed by atoms with van der Waals surface area (Å²) >= 11 is 0. The van der Waals surface area contributed by atoms with E-state index in [9.17, 15) is 4.79 Å². The van der Waals surface area contributed by atoms with E-state index in [2.05, 4.69) is 19.1 Å². The summed E-state index contributed by atoms with van der Waals surface area (Å²) < 4.78 is 0. The smallest absolute Gasteiger partial charge is 0.162 e. The first kappa shape index (κ1) is 10.4. The molecule has 0 N–H and O–H groups in total. The minimum Gasteiger partial charge on any atom is -0.294 e. The fourth-order valence-corrected chi connectivity index (χ4v) is 2.41. The molecule has 15 heavy (non-hydrogen) atoms. The number of carbonyl (C=O) groups is 1. The van der Waals surface area contributed by atoms with Crippen LogP contribution in [-0.4, -0.2) is 5.78 Å². The van der Waals surface area contributed by atoms with Gasteiger partial charge in [0.1, 0.15) is 0 Å². The van der Waals surface area contributed by atoms with Gasteiger partial charge in [0.2, 0.25) is 0 Å². The molecular formula is C14H18O. The van der Waals surface area contributed by atoms with Gasteiger partial charge in [0.15, 0.2) is 5.78 Å². The number of Topliss-reactive ketones (excluding diaryl/α,β-unsaturated/α-hetero) is 1. The number of hydrogen-bond donors (Lipinski definition) is 0. The van der Waals surface area contributed by atoms with E-state index in [4.69, 9.17) is 0 Å². The van der Waals surface area contributed by atoms with Gasteiger partial charge in [-0.25, -0.2) is 0 Å². The number of carbonyl (C=O) groups excluding carboxylic acids is 1. The first-order chi connectivity index (χ1) is 7.22. The fraction of sp³-hybridized carbons (Fsp3) is 0.500. The Morgan fingerprint density at radius 1 is 1.47 bits per heavy atom. The number of fused-ring (bicyclic) bond motifs is 1. The molecule has 1 aliphatic carbocycles. The highest BCUT2D eigenvalue weighted by Crippen LogP contribution is 2.31. The van der Waals surface area contributed by atoms with Crippen LogP contribution in [0.5, 0.6) is 0 Å². The van der Waals surface area contributed by atoms with Crippen LogP contribution in [0, 0.1) is 0 Å². The highest BCUT2D eigenvalue weighted by molar-refractivity contribution is 5.96. The molecule has 1 aromatic carbocycles. The van der Waals surface area contributed by atoms with Crippen molar-refractivity contribution in [3.63, 3.8) is 0 Å². The molecule has 1 aromatic rings. The van der Waals surface area contributed by atoms with E-state index in [1.165, 1.54) is 30.4 Å². The Morgan fingerprint density at radius 2 is 2.27 bits per heavy atom. The molecule has 1 atom stereocenters. The molecule has 0 heterocycles. The second-order valence-corrected chi connectivity index (χ2v) is 4.48. The van der Waals surface area contributed by atoms with Crippen LogP contribution in [0.25, 0.3) is 0 Å². The fourth-order valence-electron chi connectivity index (χ4n) is 2.41. The number of aryl methyl sites for hydroxylation is 1. The predicted molar refractivity (Wildman–Crippen MR) is 62.4 cm³/mol. The molecular weight excluding hydrogens is 184 g/mol. The minimum absolute atomic E-state index is 0.260. The van der Waals surface area contributed by atoms with Gasteiger partial charge in [-0.3, -0.25) is 4.79 Å².